The summed E-state index contributed by atoms with van der Waals surface area (Å²) in [7, 11) is 0. The third kappa shape index (κ3) is 4.39. The summed E-state index contributed by atoms with van der Waals surface area (Å²) < 4.78 is 18.9. The van der Waals surface area contributed by atoms with E-state index in [1.807, 2.05) is 6.92 Å². The van der Waals surface area contributed by atoms with Crippen LogP contribution < -0.4 is 0 Å². The number of nitrogens with zero attached hydrogens (tertiary/aromatic N) is 3. The second-order valence-corrected chi connectivity index (χ2v) is 7.83. The molecule has 0 saturated carbocycles. The molecule has 0 aliphatic carbocycles. The lowest BCUT2D eigenvalue weighted by Crippen LogP contribution is -2.49. The number of aromatic nitrogens is 1. The Morgan fingerprint density at radius 1 is 1.15 bits per heavy atom. The second-order valence-electron chi connectivity index (χ2n) is 7.83. The molecule has 146 valence electrons. The highest BCUT2D eigenvalue weighted by Crippen LogP contribution is 2.25. The molecule has 0 spiro atoms. The number of oxazole rings is 1. The van der Waals surface area contributed by atoms with E-state index in [4.69, 9.17) is 4.42 Å². The number of halogens is 1. The minimum atomic E-state index is -0.258. The van der Waals surface area contributed by atoms with Crippen LogP contribution in [-0.4, -0.2) is 58.2 Å². The minimum absolute atomic E-state index is 0.153. The van der Waals surface area contributed by atoms with E-state index in [2.05, 4.69) is 14.8 Å². The Kier molecular flexibility index (Phi) is 5.57. The number of benzene rings is 1. The maximum Gasteiger partial charge on any atom is 0.226 e. The first-order valence-corrected chi connectivity index (χ1v) is 9.95. The van der Waals surface area contributed by atoms with Crippen molar-refractivity contribution < 1.29 is 13.9 Å². The number of β-amino-alcohol motifs (C(OH)–C–C–N with tert-alkyl or cyclic N) is 1. The molecule has 2 saturated heterocycles. The van der Waals surface area contributed by atoms with Crippen molar-refractivity contribution in [2.75, 3.05) is 26.2 Å². The molecule has 2 fully saturated rings. The van der Waals surface area contributed by atoms with Crippen LogP contribution in [0.4, 0.5) is 4.39 Å². The van der Waals surface area contributed by atoms with E-state index < -0.39 is 0 Å². The van der Waals surface area contributed by atoms with Gasteiger partial charge in [0.25, 0.3) is 0 Å². The van der Waals surface area contributed by atoms with Gasteiger partial charge in [-0.15, -0.1) is 0 Å². The highest BCUT2D eigenvalue weighted by atomic mass is 19.1. The summed E-state index contributed by atoms with van der Waals surface area (Å²) >= 11 is 0. The third-order valence-corrected chi connectivity index (χ3v) is 5.86. The van der Waals surface area contributed by atoms with Gasteiger partial charge < -0.3 is 9.52 Å². The number of hydrogen-bond donors (Lipinski definition) is 1. The fourth-order valence-electron chi connectivity index (χ4n) is 4.26. The first-order chi connectivity index (χ1) is 13.1. The highest BCUT2D eigenvalue weighted by Gasteiger charge is 2.28. The van der Waals surface area contributed by atoms with Gasteiger partial charge in [-0.2, -0.15) is 0 Å². The lowest BCUT2D eigenvalue weighted by molar-refractivity contribution is 0.0242. The molecule has 2 aliphatic rings. The fraction of sp³-hybridized carbons (Fsp3) is 0.571. The lowest BCUT2D eigenvalue weighted by Gasteiger charge is -2.41. The average molecular weight is 373 g/mol. The molecule has 2 aliphatic heterocycles. The molecule has 1 N–H and O–H groups in total. The fourth-order valence-corrected chi connectivity index (χ4v) is 4.26. The topological polar surface area (TPSA) is 52.7 Å². The maximum absolute atomic E-state index is 13.1. The Labute approximate surface area is 159 Å². The summed E-state index contributed by atoms with van der Waals surface area (Å²) in [6.07, 6.45) is 4.16. The van der Waals surface area contributed by atoms with E-state index in [1.54, 1.807) is 12.1 Å². The van der Waals surface area contributed by atoms with Crippen molar-refractivity contribution in [2.24, 2.45) is 0 Å². The van der Waals surface area contributed by atoms with Crippen molar-refractivity contribution in [1.82, 2.24) is 14.8 Å². The van der Waals surface area contributed by atoms with Gasteiger partial charge in [0, 0.05) is 37.8 Å². The Morgan fingerprint density at radius 2 is 1.89 bits per heavy atom. The van der Waals surface area contributed by atoms with Gasteiger partial charge in [0.2, 0.25) is 5.89 Å². The largest absolute Gasteiger partial charge is 0.441 e. The molecule has 1 atom stereocenters. The maximum atomic E-state index is 13.1. The molecule has 0 radical (unpaired) electrons. The van der Waals surface area contributed by atoms with Crippen LogP contribution in [-0.2, 0) is 6.54 Å². The number of aliphatic hydroxyl groups is 1. The zero-order valence-corrected chi connectivity index (χ0v) is 15.9. The van der Waals surface area contributed by atoms with Crippen molar-refractivity contribution in [3.63, 3.8) is 0 Å². The monoisotopic (exact) mass is 373 g/mol. The van der Waals surface area contributed by atoms with Gasteiger partial charge in [-0.1, -0.05) is 0 Å². The lowest BCUT2D eigenvalue weighted by atomic mass is 9.99. The Bertz CT molecular complexity index is 753. The summed E-state index contributed by atoms with van der Waals surface area (Å²) in [5.41, 5.74) is 1.76. The van der Waals surface area contributed by atoms with E-state index in [1.165, 1.54) is 12.1 Å². The summed E-state index contributed by atoms with van der Waals surface area (Å²) in [5.74, 6) is 1.13. The van der Waals surface area contributed by atoms with E-state index in [9.17, 15) is 9.50 Å². The molecule has 0 amide bonds. The van der Waals surface area contributed by atoms with Crippen LogP contribution in [0.1, 0.15) is 37.1 Å². The summed E-state index contributed by atoms with van der Waals surface area (Å²) in [4.78, 5) is 9.55. The molecule has 5 nitrogen and oxygen atoms in total. The van der Waals surface area contributed by atoms with Gasteiger partial charge in [0.1, 0.15) is 11.6 Å². The Balaban J connectivity index is 1.34. The van der Waals surface area contributed by atoms with E-state index in [0.717, 1.165) is 75.4 Å². The average Bonchev–Trinajstić information content (AvgIpc) is 3.03. The standard InChI is InChI=1S/C21H28FN3O2/c1-15-20(23-21(27-15)16-4-6-17(22)7-5-16)14-24-11-8-18(9-12-24)25-10-2-3-19(26)13-25/h4-7,18-19,26H,2-3,8-14H2,1H3/t19-/m0/s1. The highest BCUT2D eigenvalue weighted by molar-refractivity contribution is 5.53. The normalized spacial score (nSPS) is 23.0. The van der Waals surface area contributed by atoms with Crippen LogP contribution in [0.25, 0.3) is 11.5 Å². The second kappa shape index (κ2) is 8.09. The van der Waals surface area contributed by atoms with Crippen LogP contribution in [0.15, 0.2) is 28.7 Å². The van der Waals surface area contributed by atoms with Crippen molar-refractivity contribution in [3.05, 3.63) is 41.5 Å². The molecule has 1 aromatic carbocycles. The minimum Gasteiger partial charge on any atom is -0.441 e. The van der Waals surface area contributed by atoms with Gasteiger partial charge in [-0.3, -0.25) is 9.80 Å². The third-order valence-electron chi connectivity index (χ3n) is 5.86. The first-order valence-electron chi connectivity index (χ1n) is 9.95. The summed E-state index contributed by atoms with van der Waals surface area (Å²) in [6, 6.07) is 6.84. The molecule has 0 unspecified atom stereocenters. The Morgan fingerprint density at radius 3 is 2.59 bits per heavy atom. The number of aliphatic hydroxyl groups excluding tert-OH is 1. The van der Waals surface area contributed by atoms with Crippen LogP contribution >= 0.6 is 0 Å². The number of aryl methyl sites for hydroxylation is 1. The van der Waals surface area contributed by atoms with E-state index in [-0.39, 0.29) is 11.9 Å². The van der Waals surface area contributed by atoms with Gasteiger partial charge in [-0.25, -0.2) is 9.37 Å². The number of likely N-dealkylation sites (tertiary alicyclic amines) is 2. The summed E-state index contributed by atoms with van der Waals surface area (Å²) in [5, 5.41) is 9.91. The van der Waals surface area contributed by atoms with Gasteiger partial charge in [-0.05, 0) is 63.4 Å². The molecule has 2 aromatic rings. The summed E-state index contributed by atoms with van der Waals surface area (Å²) in [6.45, 7) is 6.74. The zero-order chi connectivity index (χ0) is 18.8. The molecule has 1 aromatic heterocycles. The van der Waals surface area contributed by atoms with E-state index >= 15 is 0 Å². The molecule has 0 bridgehead atoms. The zero-order valence-electron chi connectivity index (χ0n) is 15.9. The molecule has 3 heterocycles. The van der Waals surface area contributed by atoms with Crippen LogP contribution in [0.5, 0.6) is 0 Å². The van der Waals surface area contributed by atoms with Crippen molar-refractivity contribution in [2.45, 2.75) is 51.3 Å². The number of piperidine rings is 2. The predicted molar refractivity (Wildman–Crippen MR) is 102 cm³/mol. The smallest absolute Gasteiger partial charge is 0.226 e. The van der Waals surface area contributed by atoms with Crippen molar-refractivity contribution in [3.8, 4) is 11.5 Å². The van der Waals surface area contributed by atoms with Crippen LogP contribution in [0, 0.1) is 12.7 Å². The van der Waals surface area contributed by atoms with Gasteiger partial charge >= 0.3 is 0 Å². The number of hydrogen-bond acceptors (Lipinski definition) is 5. The molecular formula is C21H28FN3O2. The van der Waals surface area contributed by atoms with Crippen molar-refractivity contribution in [1.29, 1.82) is 0 Å². The van der Waals surface area contributed by atoms with Gasteiger partial charge in [0.05, 0.1) is 11.8 Å². The number of rotatable bonds is 4. The molecule has 4 rings (SSSR count). The van der Waals surface area contributed by atoms with Crippen LogP contribution in [0.3, 0.4) is 0 Å². The quantitative estimate of drug-likeness (QED) is 0.892. The Hall–Kier alpha value is -1.76. The van der Waals surface area contributed by atoms with Crippen molar-refractivity contribution >= 4 is 0 Å². The molecule has 6 heteroatoms. The predicted octanol–water partition coefficient (Wildman–Crippen LogP) is 3.21. The van der Waals surface area contributed by atoms with Crippen LogP contribution in [0.2, 0.25) is 0 Å². The SMILES string of the molecule is Cc1oc(-c2ccc(F)cc2)nc1CN1CCC(N2CCC[C@H](O)C2)CC1. The first kappa shape index (κ1) is 18.6. The van der Waals surface area contributed by atoms with E-state index in [0.29, 0.717) is 11.9 Å². The van der Waals surface area contributed by atoms with Gasteiger partial charge in [0.15, 0.2) is 0 Å². The molecular weight excluding hydrogens is 345 g/mol. The molecule has 27 heavy (non-hydrogen) atoms.